The molecule has 0 aliphatic rings. The van der Waals surface area contributed by atoms with E-state index in [0.717, 1.165) is 33.5 Å². The predicted molar refractivity (Wildman–Crippen MR) is 83.4 cm³/mol. The van der Waals surface area contributed by atoms with Crippen LogP contribution in [-0.4, -0.2) is 45.1 Å². The summed E-state index contributed by atoms with van der Waals surface area (Å²) in [6.07, 6.45) is 1.50. The van der Waals surface area contributed by atoms with Crippen molar-refractivity contribution in [3.63, 3.8) is 0 Å². The smallest absolute Gasteiger partial charge is 0.348 e. The van der Waals surface area contributed by atoms with Gasteiger partial charge in [-0.05, 0) is 17.7 Å². The summed E-state index contributed by atoms with van der Waals surface area (Å²) in [6.45, 7) is 0. The number of hydrogen-bond acceptors (Lipinski definition) is 8. The van der Waals surface area contributed by atoms with Crippen molar-refractivity contribution in [2.24, 2.45) is 5.92 Å². The zero-order valence-corrected chi connectivity index (χ0v) is 13.7. The molecule has 9 nitrogen and oxygen atoms in total. The maximum Gasteiger partial charge on any atom is 0.348 e. The molecule has 0 unspecified atom stereocenters. The molecule has 25 heavy (non-hydrogen) atoms. The number of esters is 3. The van der Waals surface area contributed by atoms with Crippen LogP contribution in [0.15, 0.2) is 28.9 Å². The van der Waals surface area contributed by atoms with Gasteiger partial charge in [-0.2, -0.15) is 10.5 Å². The Kier molecular flexibility index (Phi) is 9.34. The van der Waals surface area contributed by atoms with E-state index in [4.69, 9.17) is 10.7 Å². The summed E-state index contributed by atoms with van der Waals surface area (Å²) in [6, 6.07) is 3.37. The summed E-state index contributed by atoms with van der Waals surface area (Å²) in [5.41, 5.74) is -1.07. The van der Waals surface area contributed by atoms with E-state index in [2.05, 4.69) is 14.2 Å². The van der Waals surface area contributed by atoms with Crippen molar-refractivity contribution in [2.75, 3.05) is 21.3 Å². The normalized spacial score (nSPS) is 11.9. The van der Waals surface area contributed by atoms with Gasteiger partial charge in [0.1, 0.15) is 11.6 Å². The molecule has 0 aliphatic heterocycles. The number of rotatable bonds is 7. The highest BCUT2D eigenvalue weighted by atomic mass is 16.5. The zero-order chi connectivity index (χ0) is 19.4. The molecule has 0 saturated heterocycles. The molecule has 0 aromatic rings. The Morgan fingerprint density at radius 2 is 1.64 bits per heavy atom. The van der Waals surface area contributed by atoms with Crippen LogP contribution in [-0.2, 0) is 28.6 Å². The summed E-state index contributed by atoms with van der Waals surface area (Å²) in [5, 5.41) is 27.3. The maximum absolute atomic E-state index is 11.5. The number of allylic oxidation sites excluding steroid dienone is 2. The average molecular weight is 344 g/mol. The molecule has 0 saturated carbocycles. The second-order valence-electron chi connectivity index (χ2n) is 4.28. The molecule has 0 heterocycles. The van der Waals surface area contributed by atoms with Gasteiger partial charge in [0.15, 0.2) is 0 Å². The molecule has 0 spiro atoms. The van der Waals surface area contributed by atoms with E-state index in [0.29, 0.717) is 0 Å². The minimum Gasteiger partial charge on any atom is -0.763 e. The first-order valence-electron chi connectivity index (χ1n) is 6.61. The molecule has 1 atom stereocenters. The molecule has 0 N–H and O–H groups in total. The highest BCUT2D eigenvalue weighted by molar-refractivity contribution is 6.02. The van der Waals surface area contributed by atoms with Crippen molar-refractivity contribution in [3.8, 4) is 12.1 Å². The fraction of sp³-hybridized carbons (Fsp3) is 0.312. The minimum atomic E-state index is -1.19. The van der Waals surface area contributed by atoms with Gasteiger partial charge in [0.2, 0.25) is 0 Å². The van der Waals surface area contributed by atoms with Crippen LogP contribution in [0.1, 0.15) is 6.42 Å². The average Bonchev–Trinajstić information content (AvgIpc) is 2.65. The quantitative estimate of drug-likeness (QED) is 0.162. The number of carbonyl (C=O) groups excluding carboxylic acids is 3. The number of carbonyl (C=O) groups is 3. The second kappa shape index (κ2) is 10.9. The van der Waals surface area contributed by atoms with Crippen LogP contribution in [0.4, 0.5) is 0 Å². The highest BCUT2D eigenvalue weighted by Gasteiger charge is 2.21. The van der Waals surface area contributed by atoms with E-state index in [1.54, 1.807) is 18.0 Å². The molecule has 0 aromatic carbocycles. The summed E-state index contributed by atoms with van der Waals surface area (Å²) in [7, 11) is 3.22. The highest BCUT2D eigenvalue weighted by Crippen LogP contribution is 2.21. The van der Waals surface area contributed by atoms with E-state index < -0.39 is 41.4 Å². The van der Waals surface area contributed by atoms with Gasteiger partial charge in [-0.1, -0.05) is 0 Å². The molecule has 0 aliphatic carbocycles. The van der Waals surface area contributed by atoms with Gasteiger partial charge >= 0.3 is 17.9 Å². The van der Waals surface area contributed by atoms with Gasteiger partial charge in [0.25, 0.3) is 0 Å². The van der Waals surface area contributed by atoms with Crippen LogP contribution in [0.3, 0.4) is 0 Å². The molecule has 0 radical (unpaired) electrons. The fourth-order valence-corrected chi connectivity index (χ4v) is 1.56. The van der Waals surface area contributed by atoms with Crippen molar-refractivity contribution in [1.82, 2.24) is 0 Å². The lowest BCUT2D eigenvalue weighted by Gasteiger charge is -2.11. The second-order valence-corrected chi connectivity index (χ2v) is 4.28. The standard InChI is InChI=1S/C16H14N3O6/c1-23-14(20)6-11(7-17)10(4-12(8-18)15(21)24-2)5-13(9-19)16(22)25-3/h4-5,11H,6H2,1-3H3/q-1/t11-/m0/s1. The van der Waals surface area contributed by atoms with Gasteiger partial charge in [0, 0.05) is 0 Å². The van der Waals surface area contributed by atoms with Gasteiger partial charge < -0.3 is 19.6 Å². The number of methoxy groups -OCH3 is 3. The maximum atomic E-state index is 11.5. The van der Waals surface area contributed by atoms with E-state index >= 15 is 0 Å². The topological polar surface area (TPSA) is 149 Å². The first kappa shape index (κ1) is 21.3. The Morgan fingerprint density at radius 3 is 2.04 bits per heavy atom. The third-order valence-corrected chi connectivity index (χ3v) is 2.83. The monoisotopic (exact) mass is 344 g/mol. The largest absolute Gasteiger partial charge is 0.763 e. The summed E-state index contributed by atoms with van der Waals surface area (Å²) >= 11 is 0. The lowest BCUT2D eigenvalue weighted by atomic mass is 9.93. The lowest BCUT2D eigenvalue weighted by Crippen LogP contribution is -2.13. The Bertz CT molecular complexity index is 745. The van der Waals surface area contributed by atoms with Crippen LogP contribution in [0.5, 0.6) is 0 Å². The van der Waals surface area contributed by atoms with E-state index in [-0.39, 0.29) is 5.57 Å². The van der Waals surface area contributed by atoms with Crippen molar-refractivity contribution < 1.29 is 28.6 Å². The predicted octanol–water partition coefficient (Wildman–Crippen LogP) is 0.577. The Balaban J connectivity index is 6.27. The Hall–Kier alpha value is -3.68. The van der Waals surface area contributed by atoms with Crippen LogP contribution in [0, 0.1) is 28.6 Å². The molecule has 0 rings (SSSR count). The zero-order valence-electron chi connectivity index (χ0n) is 13.7. The van der Waals surface area contributed by atoms with Crippen molar-refractivity contribution in [3.05, 3.63) is 34.3 Å². The fourth-order valence-electron chi connectivity index (χ4n) is 1.56. The van der Waals surface area contributed by atoms with Crippen molar-refractivity contribution >= 4 is 23.8 Å². The minimum absolute atomic E-state index is 0.100. The van der Waals surface area contributed by atoms with Gasteiger partial charge in [-0.15, -0.1) is 0 Å². The molecule has 130 valence electrons. The van der Waals surface area contributed by atoms with E-state index in [9.17, 15) is 19.6 Å². The third kappa shape index (κ3) is 6.53. The summed E-state index contributed by atoms with van der Waals surface area (Å²) < 4.78 is 13.3. The third-order valence-electron chi connectivity index (χ3n) is 2.83. The number of hydrogen-bond donors (Lipinski definition) is 0. The Morgan fingerprint density at radius 1 is 1.04 bits per heavy atom. The number of nitrogens with zero attached hydrogens (tertiary/aromatic N) is 3. The number of ether oxygens (including phenoxy) is 3. The summed E-state index contributed by atoms with van der Waals surface area (Å²) in [5.74, 6) is -2.32. The van der Waals surface area contributed by atoms with Crippen molar-refractivity contribution in [2.45, 2.75) is 6.42 Å². The number of nitriles is 2. The molecule has 0 aromatic heterocycles. The molecule has 9 heteroatoms. The molecule has 0 bridgehead atoms. The lowest BCUT2D eigenvalue weighted by molar-refractivity contribution is -0.141. The van der Waals surface area contributed by atoms with Crippen LogP contribution < -0.4 is 0 Å². The van der Waals surface area contributed by atoms with Crippen LogP contribution in [0.2, 0.25) is 0 Å². The van der Waals surface area contributed by atoms with Crippen LogP contribution >= 0.6 is 0 Å². The molecule has 0 fully saturated rings. The van der Waals surface area contributed by atoms with E-state index in [1.165, 1.54) is 0 Å². The Labute approximate surface area is 143 Å². The summed E-state index contributed by atoms with van der Waals surface area (Å²) in [4.78, 5) is 34.5. The first-order chi connectivity index (χ1) is 11.9. The molecule has 0 amide bonds. The first-order valence-corrected chi connectivity index (χ1v) is 6.61. The van der Waals surface area contributed by atoms with Gasteiger partial charge in [0.05, 0.1) is 45.3 Å². The SMILES string of the molecule is COC(=O)C[C@@H](C#N)C(C=C(C#N)C(=O)OC)=CC(=C=[N-])C(=O)OC. The van der Waals surface area contributed by atoms with Crippen LogP contribution in [0.25, 0.3) is 5.41 Å². The van der Waals surface area contributed by atoms with Gasteiger partial charge in [-0.25, -0.2) is 9.59 Å². The molecular weight excluding hydrogens is 330 g/mol. The van der Waals surface area contributed by atoms with Gasteiger partial charge in [-0.3, -0.25) is 10.7 Å². The van der Waals surface area contributed by atoms with Crippen molar-refractivity contribution in [1.29, 1.82) is 10.5 Å². The van der Waals surface area contributed by atoms with E-state index in [1.807, 2.05) is 0 Å². The molecular formula is C16H14N3O6-.